The van der Waals surface area contributed by atoms with Gasteiger partial charge in [-0.05, 0) is 6.07 Å². The van der Waals surface area contributed by atoms with Crippen molar-refractivity contribution in [1.29, 1.82) is 0 Å². The molecule has 3 aliphatic heterocycles. The van der Waals surface area contributed by atoms with Crippen LogP contribution in [0.1, 0.15) is 24.8 Å². The summed E-state index contributed by atoms with van der Waals surface area (Å²) in [5.41, 5.74) is 0.631. The zero-order valence-corrected chi connectivity index (χ0v) is 14.6. The van der Waals surface area contributed by atoms with Crippen LogP contribution >= 0.6 is 0 Å². The van der Waals surface area contributed by atoms with Crippen molar-refractivity contribution in [2.75, 3.05) is 33.4 Å². The van der Waals surface area contributed by atoms with E-state index < -0.39 is 5.60 Å². The van der Waals surface area contributed by atoms with Crippen LogP contribution in [0, 0.1) is 5.92 Å². The standard InChI is InChI=1S/C19H24N2O4/c1-20-11-15(10-17(20)22)18(23)21-12-14-4-2-3-5-16(14)25-19(13-21)6-8-24-9-7-19/h2-5,15H,6-13H2,1H3. The van der Waals surface area contributed by atoms with Gasteiger partial charge in [0.25, 0.3) is 0 Å². The predicted octanol–water partition coefficient (Wildman–Crippen LogP) is 1.44. The lowest BCUT2D eigenvalue weighted by Gasteiger charge is -2.39. The van der Waals surface area contributed by atoms with Crippen molar-refractivity contribution in [3.05, 3.63) is 29.8 Å². The largest absolute Gasteiger partial charge is 0.485 e. The molecule has 0 radical (unpaired) electrons. The Morgan fingerprint density at radius 3 is 2.72 bits per heavy atom. The molecule has 1 unspecified atom stereocenters. The Balaban J connectivity index is 1.63. The van der Waals surface area contributed by atoms with E-state index in [4.69, 9.17) is 9.47 Å². The van der Waals surface area contributed by atoms with Crippen LogP contribution in [0.5, 0.6) is 5.75 Å². The Morgan fingerprint density at radius 1 is 1.24 bits per heavy atom. The van der Waals surface area contributed by atoms with E-state index >= 15 is 0 Å². The Hall–Kier alpha value is -2.08. The van der Waals surface area contributed by atoms with Gasteiger partial charge in [-0.1, -0.05) is 18.2 Å². The number of nitrogens with zero attached hydrogens (tertiary/aromatic N) is 2. The zero-order valence-electron chi connectivity index (χ0n) is 14.6. The molecule has 134 valence electrons. The first-order valence-electron chi connectivity index (χ1n) is 8.94. The van der Waals surface area contributed by atoms with Crippen molar-refractivity contribution in [1.82, 2.24) is 9.80 Å². The predicted molar refractivity (Wildman–Crippen MR) is 91.0 cm³/mol. The molecule has 4 rings (SSSR count). The van der Waals surface area contributed by atoms with E-state index in [1.165, 1.54) is 0 Å². The lowest BCUT2D eigenvalue weighted by molar-refractivity contribution is -0.140. The number of hydrogen-bond donors (Lipinski definition) is 0. The molecule has 0 N–H and O–H groups in total. The molecule has 0 aromatic heterocycles. The first-order valence-corrected chi connectivity index (χ1v) is 8.94. The quantitative estimate of drug-likeness (QED) is 0.773. The summed E-state index contributed by atoms with van der Waals surface area (Å²) < 4.78 is 11.9. The second kappa shape index (κ2) is 6.33. The highest BCUT2D eigenvalue weighted by atomic mass is 16.5. The van der Waals surface area contributed by atoms with E-state index in [1.54, 1.807) is 11.9 Å². The third kappa shape index (κ3) is 3.11. The van der Waals surface area contributed by atoms with Crippen molar-refractivity contribution in [2.45, 2.75) is 31.4 Å². The number of likely N-dealkylation sites (tertiary alicyclic amines) is 1. The summed E-state index contributed by atoms with van der Waals surface area (Å²) in [6.45, 7) is 2.89. The average Bonchev–Trinajstić information content (AvgIpc) is 2.86. The SMILES string of the molecule is CN1CC(C(=O)N2Cc3ccccc3OC3(CCOCC3)C2)CC1=O. The minimum atomic E-state index is -0.394. The molecule has 1 aromatic rings. The van der Waals surface area contributed by atoms with E-state index in [0.29, 0.717) is 39.3 Å². The van der Waals surface area contributed by atoms with Gasteiger partial charge in [0.2, 0.25) is 11.8 Å². The molecule has 0 saturated carbocycles. The zero-order chi connectivity index (χ0) is 17.4. The van der Waals surface area contributed by atoms with Crippen molar-refractivity contribution < 1.29 is 19.1 Å². The van der Waals surface area contributed by atoms with Crippen molar-refractivity contribution in [3.8, 4) is 5.75 Å². The minimum absolute atomic E-state index is 0.0469. The number of carbonyl (C=O) groups is 2. The first kappa shape index (κ1) is 16.4. The normalized spacial score (nSPS) is 25.5. The molecule has 2 saturated heterocycles. The molecule has 2 amide bonds. The fourth-order valence-corrected chi connectivity index (χ4v) is 4.06. The van der Waals surface area contributed by atoms with Crippen molar-refractivity contribution in [3.63, 3.8) is 0 Å². The number of hydrogen-bond acceptors (Lipinski definition) is 4. The highest BCUT2D eigenvalue weighted by Gasteiger charge is 2.43. The average molecular weight is 344 g/mol. The highest BCUT2D eigenvalue weighted by Crippen LogP contribution is 2.36. The van der Waals surface area contributed by atoms with Gasteiger partial charge in [0.1, 0.15) is 11.4 Å². The smallest absolute Gasteiger partial charge is 0.228 e. The van der Waals surface area contributed by atoms with Gasteiger partial charge < -0.3 is 19.3 Å². The maximum atomic E-state index is 13.1. The van der Waals surface area contributed by atoms with Gasteiger partial charge in [0, 0.05) is 45.0 Å². The van der Waals surface area contributed by atoms with Crippen molar-refractivity contribution >= 4 is 11.8 Å². The second-order valence-corrected chi connectivity index (χ2v) is 7.37. The van der Waals surface area contributed by atoms with Gasteiger partial charge in [0.05, 0.1) is 25.7 Å². The number of ether oxygens (including phenoxy) is 2. The van der Waals surface area contributed by atoms with Crippen LogP contribution in [0.25, 0.3) is 0 Å². The minimum Gasteiger partial charge on any atom is -0.485 e. The third-order valence-corrected chi connectivity index (χ3v) is 5.55. The number of benzene rings is 1. The summed E-state index contributed by atoms with van der Waals surface area (Å²) in [4.78, 5) is 28.5. The lowest BCUT2D eigenvalue weighted by Crippen LogP contribution is -2.52. The van der Waals surface area contributed by atoms with Crippen LogP contribution in [0.3, 0.4) is 0 Å². The molecule has 3 aliphatic rings. The Labute approximate surface area is 147 Å². The molecular formula is C19H24N2O4. The van der Waals surface area contributed by atoms with Crippen LogP contribution in [0.4, 0.5) is 0 Å². The maximum Gasteiger partial charge on any atom is 0.228 e. The Bertz CT molecular complexity index is 684. The molecule has 0 aliphatic carbocycles. The number of carbonyl (C=O) groups excluding carboxylic acids is 2. The topological polar surface area (TPSA) is 59.1 Å². The van der Waals surface area contributed by atoms with E-state index in [1.807, 2.05) is 29.2 Å². The van der Waals surface area contributed by atoms with Crippen LogP contribution < -0.4 is 4.74 Å². The maximum absolute atomic E-state index is 13.1. The van der Waals surface area contributed by atoms with Crippen LogP contribution in [-0.4, -0.2) is 60.6 Å². The van der Waals surface area contributed by atoms with E-state index in [-0.39, 0.29) is 17.7 Å². The van der Waals surface area contributed by atoms with Crippen LogP contribution in [-0.2, 0) is 20.9 Å². The van der Waals surface area contributed by atoms with Crippen molar-refractivity contribution in [2.24, 2.45) is 5.92 Å². The number of fused-ring (bicyclic) bond motifs is 1. The molecule has 1 atom stereocenters. The summed E-state index contributed by atoms with van der Waals surface area (Å²) in [7, 11) is 1.76. The van der Waals surface area contributed by atoms with E-state index in [9.17, 15) is 9.59 Å². The van der Waals surface area contributed by atoms with Gasteiger partial charge in [-0.2, -0.15) is 0 Å². The van der Waals surface area contributed by atoms with Gasteiger partial charge in [-0.15, -0.1) is 0 Å². The molecule has 6 nitrogen and oxygen atoms in total. The monoisotopic (exact) mass is 344 g/mol. The highest BCUT2D eigenvalue weighted by molar-refractivity contribution is 5.89. The van der Waals surface area contributed by atoms with Gasteiger partial charge in [-0.25, -0.2) is 0 Å². The second-order valence-electron chi connectivity index (χ2n) is 7.37. The molecule has 2 fully saturated rings. The van der Waals surface area contributed by atoms with Gasteiger partial charge in [-0.3, -0.25) is 9.59 Å². The number of para-hydroxylation sites is 1. The summed E-state index contributed by atoms with van der Waals surface area (Å²) in [6, 6.07) is 7.93. The van der Waals surface area contributed by atoms with E-state index in [0.717, 1.165) is 24.2 Å². The first-order chi connectivity index (χ1) is 12.1. The Morgan fingerprint density at radius 2 is 2.00 bits per heavy atom. The lowest BCUT2D eigenvalue weighted by atomic mass is 9.92. The van der Waals surface area contributed by atoms with E-state index in [2.05, 4.69) is 0 Å². The number of amides is 2. The molecule has 25 heavy (non-hydrogen) atoms. The molecular weight excluding hydrogens is 320 g/mol. The summed E-state index contributed by atoms with van der Waals surface area (Å²) in [5.74, 6) is 0.716. The summed E-state index contributed by atoms with van der Waals surface area (Å²) in [5, 5.41) is 0. The molecule has 1 spiro atoms. The third-order valence-electron chi connectivity index (χ3n) is 5.55. The molecule has 6 heteroatoms. The van der Waals surface area contributed by atoms with Crippen LogP contribution in [0.15, 0.2) is 24.3 Å². The Kier molecular flexibility index (Phi) is 4.15. The number of rotatable bonds is 1. The summed E-state index contributed by atoms with van der Waals surface area (Å²) in [6.07, 6.45) is 1.85. The fourth-order valence-electron chi connectivity index (χ4n) is 4.06. The molecule has 1 aromatic carbocycles. The fraction of sp³-hybridized carbons (Fsp3) is 0.579. The van der Waals surface area contributed by atoms with Crippen LogP contribution in [0.2, 0.25) is 0 Å². The summed E-state index contributed by atoms with van der Waals surface area (Å²) >= 11 is 0. The van der Waals surface area contributed by atoms with Gasteiger partial charge in [0.15, 0.2) is 0 Å². The molecule has 3 heterocycles. The molecule has 0 bridgehead atoms. The van der Waals surface area contributed by atoms with Gasteiger partial charge >= 0.3 is 0 Å².